The monoisotopic (exact) mass is 826 g/mol. The largest absolute Gasteiger partial charge is 0.361 e. The predicted octanol–water partition coefficient (Wildman–Crippen LogP) is 6.66. The summed E-state index contributed by atoms with van der Waals surface area (Å²) in [5.41, 5.74) is 6.48. The number of amides is 2. The molecule has 0 aliphatic carbocycles. The van der Waals surface area contributed by atoms with Gasteiger partial charge in [0.2, 0.25) is 0 Å². The second-order valence-corrected chi connectivity index (χ2v) is 17.8. The summed E-state index contributed by atoms with van der Waals surface area (Å²) in [7, 11) is 4.27. The summed E-state index contributed by atoms with van der Waals surface area (Å²) in [6, 6.07) is 24.6. The van der Waals surface area contributed by atoms with Crippen molar-refractivity contribution >= 4 is 66.6 Å². The van der Waals surface area contributed by atoms with Crippen molar-refractivity contribution in [2.75, 3.05) is 82.8 Å². The maximum Gasteiger partial charge on any atom is 0.265 e. The number of nitrogens with zero attached hydrogens (tertiary/aromatic N) is 7. The normalized spacial score (nSPS) is 15.9. The van der Waals surface area contributed by atoms with E-state index in [-0.39, 0.29) is 17.9 Å². The SMILES string of the molecule is CN1CCN(c2ncc(C(=O)NC(Cc3c[nH]c4ccccc34)c3ccc(CN(CCc4c[nH]c5ccccc45)C(=O)c4cnc(N5CCN(C)CC5)s4)cc3)s2)CC1. The molecule has 1 atom stereocenters. The number of para-hydroxylation sites is 2. The van der Waals surface area contributed by atoms with E-state index < -0.39 is 0 Å². The van der Waals surface area contributed by atoms with Gasteiger partial charge in [0.15, 0.2) is 10.3 Å². The molecule has 2 aliphatic rings. The molecule has 0 spiro atoms. The molecular formula is C45H50N10O2S2. The molecule has 2 amide bonds. The van der Waals surface area contributed by atoms with Gasteiger partial charge in [-0.05, 0) is 61.3 Å². The van der Waals surface area contributed by atoms with Crippen molar-refractivity contribution in [2.45, 2.75) is 25.4 Å². The zero-order chi connectivity index (χ0) is 40.3. The molecule has 59 heavy (non-hydrogen) atoms. The van der Waals surface area contributed by atoms with Crippen LogP contribution in [0.2, 0.25) is 0 Å². The average molecular weight is 827 g/mol. The highest BCUT2D eigenvalue weighted by Gasteiger charge is 2.25. The van der Waals surface area contributed by atoms with Gasteiger partial charge in [-0.1, -0.05) is 83.3 Å². The molecule has 3 N–H and O–H groups in total. The van der Waals surface area contributed by atoms with Crippen molar-refractivity contribution in [1.29, 1.82) is 0 Å². The van der Waals surface area contributed by atoms with Crippen molar-refractivity contribution in [2.24, 2.45) is 0 Å². The fourth-order valence-electron chi connectivity index (χ4n) is 8.10. The summed E-state index contributed by atoms with van der Waals surface area (Å²) >= 11 is 2.93. The van der Waals surface area contributed by atoms with Crippen LogP contribution >= 0.6 is 22.7 Å². The number of piperazine rings is 2. The van der Waals surface area contributed by atoms with Gasteiger partial charge in [0.25, 0.3) is 11.8 Å². The first-order chi connectivity index (χ1) is 28.8. The lowest BCUT2D eigenvalue weighted by atomic mass is 9.97. The third-order valence-electron chi connectivity index (χ3n) is 11.7. The van der Waals surface area contributed by atoms with E-state index in [9.17, 15) is 9.59 Å². The third-order valence-corrected chi connectivity index (χ3v) is 13.8. The Morgan fingerprint density at radius 3 is 1.88 bits per heavy atom. The smallest absolute Gasteiger partial charge is 0.265 e. The van der Waals surface area contributed by atoms with E-state index in [1.54, 1.807) is 12.4 Å². The Hall–Kier alpha value is -5.54. The number of fused-ring (bicyclic) bond motifs is 2. The van der Waals surface area contributed by atoms with E-state index in [0.717, 1.165) is 95.7 Å². The van der Waals surface area contributed by atoms with Gasteiger partial charge in [-0.2, -0.15) is 0 Å². The molecule has 6 heterocycles. The molecule has 0 saturated carbocycles. The number of carbonyl (C=O) groups excluding carboxylic acids is 2. The van der Waals surface area contributed by atoms with Crippen molar-refractivity contribution in [1.82, 2.24) is 40.0 Å². The van der Waals surface area contributed by atoms with Gasteiger partial charge < -0.3 is 39.8 Å². The molecule has 7 aromatic rings. The number of rotatable bonds is 13. The van der Waals surface area contributed by atoms with Crippen LogP contribution in [0.25, 0.3) is 21.8 Å². The van der Waals surface area contributed by atoms with Crippen LogP contribution in [0.3, 0.4) is 0 Å². The summed E-state index contributed by atoms with van der Waals surface area (Å²) in [6.07, 6.45) is 8.88. The molecule has 4 aromatic heterocycles. The lowest BCUT2D eigenvalue weighted by Gasteiger charge is -2.32. The molecule has 304 valence electrons. The highest BCUT2D eigenvalue weighted by atomic mass is 32.1. The van der Waals surface area contributed by atoms with Gasteiger partial charge >= 0.3 is 0 Å². The first-order valence-corrected chi connectivity index (χ1v) is 22.1. The van der Waals surface area contributed by atoms with Gasteiger partial charge in [-0.15, -0.1) is 0 Å². The molecule has 9 rings (SSSR count). The average Bonchev–Trinajstić information content (AvgIpc) is 4.10. The molecule has 3 aromatic carbocycles. The number of aromatic nitrogens is 4. The molecular weight excluding hydrogens is 777 g/mol. The highest BCUT2D eigenvalue weighted by Crippen LogP contribution is 2.30. The van der Waals surface area contributed by atoms with E-state index in [2.05, 4.69) is 115 Å². The van der Waals surface area contributed by atoms with Gasteiger partial charge in [0.05, 0.1) is 18.4 Å². The third kappa shape index (κ3) is 8.76. The Labute approximate surface area is 352 Å². The number of hydrogen-bond acceptors (Lipinski definition) is 10. The quantitative estimate of drug-likeness (QED) is 0.118. The number of likely N-dealkylation sites (N-methyl/N-ethyl adjacent to an activating group) is 2. The summed E-state index contributed by atoms with van der Waals surface area (Å²) in [6.45, 7) is 8.49. The maximum absolute atomic E-state index is 14.4. The fraction of sp³-hybridized carbons (Fsp3) is 0.333. The van der Waals surface area contributed by atoms with Crippen molar-refractivity contribution < 1.29 is 9.59 Å². The zero-order valence-electron chi connectivity index (χ0n) is 33.6. The Balaban J connectivity index is 0.955. The van der Waals surface area contributed by atoms with E-state index in [4.69, 9.17) is 4.98 Å². The number of thiazole rings is 2. The zero-order valence-corrected chi connectivity index (χ0v) is 35.2. The predicted molar refractivity (Wildman–Crippen MR) is 239 cm³/mol. The lowest BCUT2D eigenvalue weighted by Crippen LogP contribution is -2.44. The summed E-state index contributed by atoms with van der Waals surface area (Å²) in [4.78, 5) is 56.8. The first-order valence-electron chi connectivity index (χ1n) is 20.4. The minimum absolute atomic E-state index is 0.0169. The van der Waals surface area contributed by atoms with Crippen LogP contribution in [-0.4, -0.2) is 119 Å². The maximum atomic E-state index is 14.4. The van der Waals surface area contributed by atoms with E-state index >= 15 is 0 Å². The van der Waals surface area contributed by atoms with E-state index in [0.29, 0.717) is 35.7 Å². The molecule has 2 saturated heterocycles. The molecule has 1 unspecified atom stereocenters. The molecule has 12 nitrogen and oxygen atoms in total. The van der Waals surface area contributed by atoms with Crippen LogP contribution in [0.1, 0.15) is 47.6 Å². The number of H-pyrrole nitrogens is 2. The number of nitrogens with one attached hydrogen (secondary N) is 3. The van der Waals surface area contributed by atoms with Gasteiger partial charge in [-0.25, -0.2) is 9.97 Å². The van der Waals surface area contributed by atoms with E-state index in [1.807, 2.05) is 29.3 Å². The fourth-order valence-corrected chi connectivity index (χ4v) is 9.91. The van der Waals surface area contributed by atoms with Crippen LogP contribution in [-0.2, 0) is 19.4 Å². The second-order valence-electron chi connectivity index (χ2n) is 15.8. The van der Waals surface area contributed by atoms with Crippen LogP contribution < -0.4 is 15.1 Å². The number of aromatic amines is 2. The van der Waals surface area contributed by atoms with Crippen LogP contribution in [0.4, 0.5) is 10.3 Å². The molecule has 0 radical (unpaired) electrons. The molecule has 0 bridgehead atoms. The highest BCUT2D eigenvalue weighted by molar-refractivity contribution is 7.17. The standard InChI is InChI=1S/C45H50N10O2S2/c1-51-17-21-53(22-18-51)44-48-28-40(58-44)42(56)50-39(25-34-27-47-38-10-6-4-8-36(34)38)32-13-11-31(12-14-32)30-55(16-15-33-26-46-37-9-5-3-7-35(33)37)43(57)41-29-49-45(59-41)54-23-19-52(2)20-24-54/h3-14,26-29,39,46-47H,15-25,30H2,1-2H3,(H,50,56). The summed E-state index contributed by atoms with van der Waals surface area (Å²) in [5.74, 6) is -0.150. The van der Waals surface area contributed by atoms with Crippen molar-refractivity contribution in [3.05, 3.63) is 130 Å². The lowest BCUT2D eigenvalue weighted by molar-refractivity contribution is 0.0749. The number of carbonyl (C=O) groups is 2. The van der Waals surface area contributed by atoms with Crippen LogP contribution in [0.5, 0.6) is 0 Å². The molecule has 2 fully saturated rings. The van der Waals surface area contributed by atoms with Crippen LogP contribution in [0.15, 0.2) is 97.6 Å². The summed E-state index contributed by atoms with van der Waals surface area (Å²) < 4.78 is 0. The Morgan fingerprint density at radius 2 is 1.25 bits per heavy atom. The minimum atomic E-state index is -0.297. The second kappa shape index (κ2) is 17.4. The van der Waals surface area contributed by atoms with Gasteiger partial charge in [-0.3, -0.25) is 9.59 Å². The molecule has 14 heteroatoms. The number of benzene rings is 3. The van der Waals surface area contributed by atoms with Crippen molar-refractivity contribution in [3.8, 4) is 0 Å². The Bertz CT molecular complexity index is 2520. The Morgan fingerprint density at radius 1 is 0.712 bits per heavy atom. The van der Waals surface area contributed by atoms with Gasteiger partial charge in [0, 0.05) is 99.6 Å². The topological polar surface area (TPSA) is 120 Å². The summed E-state index contributed by atoms with van der Waals surface area (Å²) in [5, 5.41) is 7.48. The first kappa shape index (κ1) is 38.9. The number of anilines is 2. The molecule has 2 aliphatic heterocycles. The van der Waals surface area contributed by atoms with Crippen LogP contribution in [0, 0.1) is 0 Å². The Kier molecular flexibility index (Phi) is 11.5. The minimum Gasteiger partial charge on any atom is -0.361 e. The number of hydrogen-bond donors (Lipinski definition) is 3. The van der Waals surface area contributed by atoms with Crippen molar-refractivity contribution in [3.63, 3.8) is 0 Å². The van der Waals surface area contributed by atoms with Gasteiger partial charge in [0.1, 0.15) is 9.75 Å². The van der Waals surface area contributed by atoms with E-state index in [1.165, 1.54) is 33.6 Å².